The zero-order valence-corrected chi connectivity index (χ0v) is 15.1. The van der Waals surface area contributed by atoms with E-state index in [0.717, 1.165) is 38.8 Å². The van der Waals surface area contributed by atoms with Gasteiger partial charge in [-0.3, -0.25) is 9.59 Å². The summed E-state index contributed by atoms with van der Waals surface area (Å²) in [7, 11) is 0. The molecule has 0 heterocycles. The number of carboxylic acid groups (broad SMARTS) is 2. The van der Waals surface area contributed by atoms with Crippen LogP contribution in [0.15, 0.2) is 24.3 Å². The number of ether oxygens (including phenoxy) is 1. The minimum Gasteiger partial charge on any atom is -0.480 e. The minimum atomic E-state index is -2.07. The zero-order chi connectivity index (χ0) is 19.7. The Morgan fingerprint density at radius 1 is 0.800 bits per heavy atom. The molecule has 0 saturated carbocycles. The van der Waals surface area contributed by atoms with Gasteiger partial charge in [0.15, 0.2) is 10.8 Å². The molecule has 0 aliphatic heterocycles. The molecule has 140 valence electrons. The molecule has 0 aromatic rings. The van der Waals surface area contributed by atoms with Crippen molar-refractivity contribution in [2.24, 2.45) is 10.8 Å². The molecule has 0 amide bonds. The molecule has 0 aromatic carbocycles. The Kier molecular flexibility index (Phi) is 8.81. The fraction of sp³-hybridized carbons (Fsp3) is 0.556. The fourth-order valence-electron chi connectivity index (χ4n) is 1.72. The first-order chi connectivity index (χ1) is 11.6. The number of carbonyl (C=O) groups excluding carboxylic acids is 2. The number of carboxylic acids is 2. The molecule has 0 aliphatic carbocycles. The summed E-state index contributed by atoms with van der Waals surface area (Å²) in [6.07, 6.45) is 7.93. The largest absolute Gasteiger partial charge is 0.480 e. The van der Waals surface area contributed by atoms with Gasteiger partial charge in [-0.05, 0) is 26.7 Å². The van der Waals surface area contributed by atoms with Crippen LogP contribution >= 0.6 is 0 Å². The summed E-state index contributed by atoms with van der Waals surface area (Å²) in [6.45, 7) is 5.96. The van der Waals surface area contributed by atoms with Gasteiger partial charge in [0.05, 0.1) is 0 Å². The Hall–Kier alpha value is -2.44. The molecule has 0 spiro atoms. The maximum Gasteiger partial charge on any atom is 0.334 e. The van der Waals surface area contributed by atoms with E-state index in [1.54, 1.807) is 0 Å². The fourth-order valence-corrected chi connectivity index (χ4v) is 1.72. The van der Waals surface area contributed by atoms with Gasteiger partial charge in [-0.25, -0.2) is 9.59 Å². The second-order valence-corrected chi connectivity index (χ2v) is 6.07. The Morgan fingerprint density at radius 2 is 1.12 bits per heavy atom. The topological polar surface area (TPSA) is 118 Å². The molecular weight excluding hydrogens is 328 g/mol. The van der Waals surface area contributed by atoms with Gasteiger partial charge in [0.2, 0.25) is 0 Å². The van der Waals surface area contributed by atoms with E-state index in [0.29, 0.717) is 12.8 Å². The van der Waals surface area contributed by atoms with E-state index >= 15 is 0 Å². The summed E-state index contributed by atoms with van der Waals surface area (Å²) in [4.78, 5) is 47.3. The van der Waals surface area contributed by atoms with E-state index in [-0.39, 0.29) is 0 Å². The molecule has 2 N–H and O–H groups in total. The quantitative estimate of drug-likeness (QED) is 0.352. The number of esters is 2. The Balaban J connectivity index is 5.49. The van der Waals surface area contributed by atoms with E-state index in [4.69, 9.17) is 0 Å². The van der Waals surface area contributed by atoms with Gasteiger partial charge in [0.1, 0.15) is 0 Å². The molecule has 2 unspecified atom stereocenters. The second kappa shape index (κ2) is 9.76. The van der Waals surface area contributed by atoms with Crippen molar-refractivity contribution in [3.05, 3.63) is 24.3 Å². The Bertz CT molecular complexity index is 526. The van der Waals surface area contributed by atoms with E-state index in [1.165, 1.54) is 12.2 Å². The van der Waals surface area contributed by atoms with E-state index in [9.17, 15) is 29.4 Å². The molecule has 0 aliphatic rings. The molecule has 7 heteroatoms. The number of hydrogen-bond acceptors (Lipinski definition) is 5. The lowest BCUT2D eigenvalue weighted by Crippen LogP contribution is -2.42. The first-order valence-electron chi connectivity index (χ1n) is 8.15. The molecule has 25 heavy (non-hydrogen) atoms. The number of hydrogen-bond donors (Lipinski definition) is 2. The number of aliphatic carboxylic acids is 2. The summed E-state index contributed by atoms with van der Waals surface area (Å²) in [5, 5.41) is 18.6. The van der Waals surface area contributed by atoms with Crippen LogP contribution in [0.5, 0.6) is 0 Å². The van der Waals surface area contributed by atoms with Crippen molar-refractivity contribution in [1.82, 2.24) is 0 Å². The van der Waals surface area contributed by atoms with Crippen LogP contribution in [0.2, 0.25) is 0 Å². The first-order valence-corrected chi connectivity index (χ1v) is 8.15. The van der Waals surface area contributed by atoms with Crippen molar-refractivity contribution >= 4 is 23.9 Å². The van der Waals surface area contributed by atoms with Crippen LogP contribution in [-0.2, 0) is 23.9 Å². The van der Waals surface area contributed by atoms with Crippen molar-refractivity contribution in [2.75, 3.05) is 0 Å². The van der Waals surface area contributed by atoms with Crippen LogP contribution in [0.25, 0.3) is 0 Å². The van der Waals surface area contributed by atoms with Crippen LogP contribution < -0.4 is 0 Å². The third-order valence-electron chi connectivity index (χ3n) is 3.74. The van der Waals surface area contributed by atoms with Crippen molar-refractivity contribution in [3.8, 4) is 0 Å². The highest BCUT2D eigenvalue weighted by Crippen LogP contribution is 2.26. The van der Waals surface area contributed by atoms with Crippen molar-refractivity contribution in [2.45, 2.75) is 53.4 Å². The average molecular weight is 354 g/mol. The first kappa shape index (κ1) is 22.6. The van der Waals surface area contributed by atoms with Crippen LogP contribution in [0.1, 0.15) is 53.4 Å². The highest BCUT2D eigenvalue weighted by atomic mass is 16.6. The van der Waals surface area contributed by atoms with Crippen LogP contribution in [0.4, 0.5) is 0 Å². The highest BCUT2D eigenvalue weighted by molar-refractivity contribution is 6.09. The predicted octanol–water partition coefficient (Wildman–Crippen LogP) is 2.95. The van der Waals surface area contributed by atoms with Crippen LogP contribution in [0.3, 0.4) is 0 Å². The molecule has 0 saturated heterocycles. The van der Waals surface area contributed by atoms with Gasteiger partial charge in [0.25, 0.3) is 0 Å². The SMILES string of the molecule is CCC/C=C/C(C)(C(=O)O)C(=O)OC(=O)C(C)(/C=C/CCC)C(=O)O. The monoisotopic (exact) mass is 354 g/mol. The van der Waals surface area contributed by atoms with Crippen molar-refractivity contribution in [1.29, 1.82) is 0 Å². The average Bonchev–Trinajstić information content (AvgIpc) is 2.54. The smallest absolute Gasteiger partial charge is 0.334 e. The zero-order valence-electron chi connectivity index (χ0n) is 15.1. The van der Waals surface area contributed by atoms with Crippen LogP contribution in [-0.4, -0.2) is 34.1 Å². The summed E-state index contributed by atoms with van der Waals surface area (Å²) >= 11 is 0. The summed E-state index contributed by atoms with van der Waals surface area (Å²) in [5.74, 6) is -5.63. The normalized spacial score (nSPS) is 16.3. The molecule has 0 bridgehead atoms. The molecular formula is C18H26O7. The molecule has 7 nitrogen and oxygen atoms in total. The van der Waals surface area contributed by atoms with E-state index < -0.39 is 34.7 Å². The second-order valence-electron chi connectivity index (χ2n) is 6.07. The van der Waals surface area contributed by atoms with E-state index in [2.05, 4.69) is 4.74 Å². The van der Waals surface area contributed by atoms with Crippen LogP contribution in [0, 0.1) is 10.8 Å². The number of unbranched alkanes of at least 4 members (excludes halogenated alkanes) is 2. The summed E-state index contributed by atoms with van der Waals surface area (Å²) in [6, 6.07) is 0. The predicted molar refractivity (Wildman–Crippen MR) is 90.7 cm³/mol. The highest BCUT2D eigenvalue weighted by Gasteiger charge is 2.47. The minimum absolute atomic E-state index is 0.552. The van der Waals surface area contributed by atoms with Gasteiger partial charge in [0, 0.05) is 0 Å². The molecule has 0 fully saturated rings. The molecule has 2 atom stereocenters. The maximum absolute atomic E-state index is 12.2. The third kappa shape index (κ3) is 5.85. The summed E-state index contributed by atoms with van der Waals surface area (Å²) < 4.78 is 4.62. The lowest BCUT2D eigenvalue weighted by molar-refractivity contribution is -0.176. The number of rotatable bonds is 10. The molecule has 0 aromatic heterocycles. The van der Waals surface area contributed by atoms with Crippen molar-refractivity contribution in [3.63, 3.8) is 0 Å². The standard InChI is InChI=1S/C18H26O7/c1-5-7-9-11-17(3,13(19)20)15(23)25-16(24)18(4,14(21)22)12-10-8-6-2/h9-12H,5-8H2,1-4H3,(H,19,20)(H,21,22)/b11-9+,12-10+. The van der Waals surface area contributed by atoms with Gasteiger partial charge in [-0.2, -0.15) is 0 Å². The molecule has 0 radical (unpaired) electrons. The Morgan fingerprint density at radius 3 is 1.36 bits per heavy atom. The van der Waals surface area contributed by atoms with Crippen molar-refractivity contribution < 1.29 is 34.1 Å². The van der Waals surface area contributed by atoms with Gasteiger partial charge >= 0.3 is 23.9 Å². The van der Waals surface area contributed by atoms with Gasteiger partial charge in [-0.15, -0.1) is 0 Å². The lowest BCUT2D eigenvalue weighted by Gasteiger charge is -2.22. The number of carbonyl (C=O) groups is 4. The Labute approximate surface area is 147 Å². The van der Waals surface area contributed by atoms with Gasteiger partial charge < -0.3 is 14.9 Å². The van der Waals surface area contributed by atoms with Gasteiger partial charge in [-0.1, -0.05) is 51.0 Å². The third-order valence-corrected chi connectivity index (χ3v) is 3.74. The van der Waals surface area contributed by atoms with E-state index in [1.807, 2.05) is 13.8 Å². The summed E-state index contributed by atoms with van der Waals surface area (Å²) in [5.41, 5.74) is -4.14. The maximum atomic E-state index is 12.2. The molecule has 0 rings (SSSR count). The lowest BCUT2D eigenvalue weighted by atomic mass is 9.88. The number of allylic oxidation sites excluding steroid dienone is 2.